The summed E-state index contributed by atoms with van der Waals surface area (Å²) in [5.74, 6) is 1.20. The Morgan fingerprint density at radius 3 is 1.96 bits per heavy atom. The topological polar surface area (TPSA) is 72.4 Å². The van der Waals surface area contributed by atoms with Gasteiger partial charge >= 0.3 is 0 Å². The highest BCUT2D eigenvalue weighted by Crippen LogP contribution is 2.37. The normalized spacial score (nSPS) is 10.9. The van der Waals surface area contributed by atoms with Gasteiger partial charge in [-0.25, -0.2) is 4.98 Å². The summed E-state index contributed by atoms with van der Waals surface area (Å²) >= 11 is 0. The molecule has 5 heteroatoms. The van der Waals surface area contributed by atoms with Crippen molar-refractivity contribution >= 4 is 22.4 Å². The third-order valence-corrected chi connectivity index (χ3v) is 4.36. The van der Waals surface area contributed by atoms with Crippen LogP contribution >= 0.6 is 0 Å². The van der Waals surface area contributed by atoms with E-state index in [2.05, 4.69) is 9.97 Å². The molecule has 0 aliphatic heterocycles. The summed E-state index contributed by atoms with van der Waals surface area (Å²) in [7, 11) is 0. The molecule has 130 valence electrons. The quantitative estimate of drug-likeness (QED) is 0.503. The number of benzene rings is 3. The number of phenolic OH excluding ortho intramolecular Hbond substituents is 2. The van der Waals surface area contributed by atoms with Crippen LogP contribution in [0.15, 0.2) is 72.8 Å². The van der Waals surface area contributed by atoms with Crippen molar-refractivity contribution in [3.05, 3.63) is 78.6 Å². The number of aromatic hydroxyl groups is 2. The van der Waals surface area contributed by atoms with Crippen molar-refractivity contribution in [2.24, 2.45) is 0 Å². The number of fused-ring (bicyclic) bond motifs is 1. The number of imidazole rings is 1. The van der Waals surface area contributed by atoms with Gasteiger partial charge in [0.1, 0.15) is 17.3 Å². The van der Waals surface area contributed by atoms with E-state index in [1.807, 2.05) is 53.4 Å². The Bertz CT molecular complexity index is 964. The van der Waals surface area contributed by atoms with E-state index < -0.39 is 0 Å². The van der Waals surface area contributed by atoms with Crippen molar-refractivity contribution in [2.45, 2.75) is 6.42 Å². The number of para-hydroxylation sites is 6. The number of aromatic nitrogens is 2. The number of phenols is 2. The molecule has 26 heavy (non-hydrogen) atoms. The SMILES string of the molecule is Oc1ccccc1N(CCc1nc2ccccc2[nH]1)c1ccccc1O. The molecule has 0 spiro atoms. The lowest BCUT2D eigenvalue weighted by molar-refractivity contribution is 0.470. The van der Waals surface area contributed by atoms with Gasteiger partial charge in [0.25, 0.3) is 0 Å². The second-order valence-corrected chi connectivity index (χ2v) is 6.08. The lowest BCUT2D eigenvalue weighted by atomic mass is 10.2. The number of rotatable bonds is 5. The van der Waals surface area contributed by atoms with Gasteiger partial charge in [-0.1, -0.05) is 36.4 Å². The zero-order valence-corrected chi connectivity index (χ0v) is 14.1. The maximum absolute atomic E-state index is 10.3. The van der Waals surface area contributed by atoms with Crippen molar-refractivity contribution in [3.63, 3.8) is 0 Å². The number of hydrogen-bond donors (Lipinski definition) is 3. The van der Waals surface area contributed by atoms with E-state index in [0.29, 0.717) is 24.3 Å². The molecule has 0 atom stereocenters. The second-order valence-electron chi connectivity index (χ2n) is 6.08. The number of nitrogens with zero attached hydrogens (tertiary/aromatic N) is 2. The third kappa shape index (κ3) is 3.07. The summed E-state index contributed by atoms with van der Waals surface area (Å²) in [6.45, 7) is 0.551. The molecule has 0 unspecified atom stereocenters. The van der Waals surface area contributed by atoms with Gasteiger partial charge in [-0.3, -0.25) is 0 Å². The fraction of sp³-hybridized carbons (Fsp3) is 0.0952. The molecule has 0 fully saturated rings. The first kappa shape index (κ1) is 16.0. The smallest absolute Gasteiger partial charge is 0.139 e. The average Bonchev–Trinajstić information content (AvgIpc) is 3.07. The second kappa shape index (κ2) is 6.80. The van der Waals surface area contributed by atoms with Crippen LogP contribution in [0.4, 0.5) is 11.4 Å². The van der Waals surface area contributed by atoms with Crippen LogP contribution in [0.25, 0.3) is 11.0 Å². The summed E-state index contributed by atoms with van der Waals surface area (Å²) in [6, 6.07) is 22.1. The molecule has 5 nitrogen and oxygen atoms in total. The van der Waals surface area contributed by atoms with E-state index in [-0.39, 0.29) is 11.5 Å². The number of nitrogens with one attached hydrogen (secondary N) is 1. The molecular weight excluding hydrogens is 326 g/mol. The van der Waals surface area contributed by atoms with Gasteiger partial charge in [-0.05, 0) is 36.4 Å². The molecule has 0 saturated carbocycles. The van der Waals surface area contributed by atoms with Crippen molar-refractivity contribution in [1.29, 1.82) is 0 Å². The molecule has 0 amide bonds. The predicted octanol–water partition coefficient (Wildman–Crippen LogP) is 4.35. The number of anilines is 2. The first-order chi connectivity index (χ1) is 12.7. The van der Waals surface area contributed by atoms with Gasteiger partial charge in [0, 0.05) is 13.0 Å². The molecule has 0 aliphatic rings. The highest BCUT2D eigenvalue weighted by Gasteiger charge is 2.16. The first-order valence-corrected chi connectivity index (χ1v) is 8.49. The summed E-state index contributed by atoms with van der Waals surface area (Å²) in [4.78, 5) is 9.83. The fourth-order valence-electron chi connectivity index (χ4n) is 3.10. The zero-order chi connectivity index (χ0) is 17.9. The summed E-state index contributed by atoms with van der Waals surface area (Å²) in [5, 5.41) is 20.6. The summed E-state index contributed by atoms with van der Waals surface area (Å²) in [5.41, 5.74) is 3.22. The van der Waals surface area contributed by atoms with Crippen LogP contribution in [0, 0.1) is 0 Å². The van der Waals surface area contributed by atoms with Crippen LogP contribution < -0.4 is 4.90 Å². The Kier molecular flexibility index (Phi) is 4.19. The van der Waals surface area contributed by atoms with Crippen LogP contribution in [0.2, 0.25) is 0 Å². The lowest BCUT2D eigenvalue weighted by Gasteiger charge is -2.26. The Balaban J connectivity index is 1.67. The van der Waals surface area contributed by atoms with Gasteiger partial charge in [0.05, 0.1) is 22.4 Å². The average molecular weight is 345 g/mol. The molecular formula is C21H19N3O2. The minimum atomic E-state index is 0.167. The molecule has 1 aromatic heterocycles. The molecule has 3 aromatic carbocycles. The fourth-order valence-corrected chi connectivity index (χ4v) is 3.10. The van der Waals surface area contributed by atoms with E-state index >= 15 is 0 Å². The van der Waals surface area contributed by atoms with E-state index in [4.69, 9.17) is 0 Å². The molecule has 3 N–H and O–H groups in total. The molecule has 1 heterocycles. The van der Waals surface area contributed by atoms with Crippen LogP contribution in [0.5, 0.6) is 11.5 Å². The minimum absolute atomic E-state index is 0.167. The Labute approximate surface area is 151 Å². The van der Waals surface area contributed by atoms with Crippen LogP contribution in [-0.4, -0.2) is 26.7 Å². The van der Waals surface area contributed by atoms with Gasteiger partial charge < -0.3 is 20.1 Å². The Morgan fingerprint density at radius 1 is 0.769 bits per heavy atom. The van der Waals surface area contributed by atoms with E-state index in [0.717, 1.165) is 16.9 Å². The van der Waals surface area contributed by atoms with Gasteiger partial charge in [-0.15, -0.1) is 0 Å². The molecule has 0 bridgehead atoms. The molecule has 0 radical (unpaired) electrons. The van der Waals surface area contributed by atoms with Crippen molar-refractivity contribution in [3.8, 4) is 11.5 Å². The van der Waals surface area contributed by atoms with Gasteiger partial charge in [0.15, 0.2) is 0 Å². The van der Waals surface area contributed by atoms with E-state index in [1.54, 1.807) is 24.3 Å². The van der Waals surface area contributed by atoms with Gasteiger partial charge in [-0.2, -0.15) is 0 Å². The number of hydrogen-bond acceptors (Lipinski definition) is 4. The minimum Gasteiger partial charge on any atom is -0.506 e. The zero-order valence-electron chi connectivity index (χ0n) is 14.1. The maximum Gasteiger partial charge on any atom is 0.139 e. The number of H-pyrrole nitrogens is 1. The van der Waals surface area contributed by atoms with Crippen molar-refractivity contribution in [2.75, 3.05) is 11.4 Å². The molecule has 4 aromatic rings. The highest BCUT2D eigenvalue weighted by molar-refractivity contribution is 5.75. The predicted molar refractivity (Wildman–Crippen MR) is 103 cm³/mol. The highest BCUT2D eigenvalue weighted by atomic mass is 16.3. The largest absolute Gasteiger partial charge is 0.506 e. The van der Waals surface area contributed by atoms with E-state index in [9.17, 15) is 10.2 Å². The summed E-state index contributed by atoms with van der Waals surface area (Å²) < 4.78 is 0. The van der Waals surface area contributed by atoms with Crippen LogP contribution in [0.3, 0.4) is 0 Å². The van der Waals surface area contributed by atoms with Gasteiger partial charge in [0.2, 0.25) is 0 Å². The van der Waals surface area contributed by atoms with Crippen molar-refractivity contribution < 1.29 is 10.2 Å². The maximum atomic E-state index is 10.3. The third-order valence-electron chi connectivity index (χ3n) is 4.36. The standard InChI is InChI=1S/C21H19N3O2/c25-19-11-5-3-9-17(19)24(18-10-4-6-12-20(18)26)14-13-21-22-15-7-1-2-8-16(15)23-21/h1-12,25-26H,13-14H2,(H,22,23). The lowest BCUT2D eigenvalue weighted by Crippen LogP contribution is -2.20. The van der Waals surface area contributed by atoms with Crippen molar-refractivity contribution in [1.82, 2.24) is 9.97 Å². The molecule has 0 aliphatic carbocycles. The number of aromatic amines is 1. The van der Waals surface area contributed by atoms with E-state index in [1.165, 1.54) is 0 Å². The Morgan fingerprint density at radius 2 is 1.35 bits per heavy atom. The first-order valence-electron chi connectivity index (χ1n) is 8.49. The summed E-state index contributed by atoms with van der Waals surface area (Å²) in [6.07, 6.45) is 0.636. The van der Waals surface area contributed by atoms with Crippen LogP contribution in [-0.2, 0) is 6.42 Å². The molecule has 0 saturated heterocycles. The Hall–Kier alpha value is -3.47. The monoisotopic (exact) mass is 345 g/mol. The molecule has 4 rings (SSSR count). The van der Waals surface area contributed by atoms with Crippen LogP contribution in [0.1, 0.15) is 5.82 Å².